The van der Waals surface area contributed by atoms with Crippen LogP contribution in [0.1, 0.15) is 61.8 Å². The van der Waals surface area contributed by atoms with Gasteiger partial charge in [0.15, 0.2) is 0 Å². The van der Waals surface area contributed by atoms with Crippen LogP contribution in [-0.4, -0.2) is 43.6 Å². The first-order valence-electron chi connectivity index (χ1n) is 11.5. The third-order valence-corrected chi connectivity index (χ3v) is 6.61. The summed E-state index contributed by atoms with van der Waals surface area (Å²) in [5.74, 6) is 0.261. The highest BCUT2D eigenvalue weighted by Crippen LogP contribution is 2.26. The molecule has 1 aliphatic carbocycles. The predicted octanol–water partition coefficient (Wildman–Crippen LogP) is 3.58. The number of rotatable bonds is 8. The first-order chi connectivity index (χ1) is 15.2. The number of aromatic nitrogens is 3. The highest BCUT2D eigenvalue weighted by atomic mass is 16.5. The van der Waals surface area contributed by atoms with Gasteiger partial charge in [-0.05, 0) is 48.9 Å². The molecule has 1 aromatic carbocycles. The van der Waals surface area contributed by atoms with Crippen molar-refractivity contribution in [3.8, 4) is 0 Å². The molecule has 1 amide bonds. The molecular weight excluding hydrogens is 390 g/mol. The average molecular weight is 424 g/mol. The van der Waals surface area contributed by atoms with Crippen LogP contribution in [0.4, 0.5) is 0 Å². The Labute approximate surface area is 184 Å². The molecule has 7 nitrogen and oxygen atoms in total. The molecule has 0 spiro atoms. The summed E-state index contributed by atoms with van der Waals surface area (Å²) in [5, 5.41) is 17.4. The van der Waals surface area contributed by atoms with Crippen molar-refractivity contribution in [1.29, 1.82) is 0 Å². The van der Waals surface area contributed by atoms with Gasteiger partial charge >= 0.3 is 0 Å². The fourth-order valence-electron chi connectivity index (χ4n) is 4.91. The molecule has 2 aromatic rings. The lowest BCUT2D eigenvalue weighted by atomic mass is 9.86. The molecule has 1 aliphatic heterocycles. The number of hydrogen-bond acceptors (Lipinski definition) is 5. The number of carbonyl (C=O) groups excluding carboxylic acids is 1. The average Bonchev–Trinajstić information content (AvgIpc) is 3.43. The minimum absolute atomic E-state index is 0.483. The van der Waals surface area contributed by atoms with Gasteiger partial charge in [0, 0.05) is 24.9 Å². The van der Waals surface area contributed by atoms with Gasteiger partial charge in [0.05, 0.1) is 12.2 Å². The first kappa shape index (κ1) is 21.7. The Hall–Kier alpha value is -2.51. The van der Waals surface area contributed by atoms with Crippen molar-refractivity contribution >= 4 is 12.0 Å². The zero-order valence-corrected chi connectivity index (χ0v) is 18.1. The van der Waals surface area contributed by atoms with Crippen molar-refractivity contribution in [2.45, 2.75) is 70.5 Å². The van der Waals surface area contributed by atoms with Crippen LogP contribution in [0.15, 0.2) is 36.5 Å². The molecule has 2 aliphatic rings. The molecule has 4 rings (SSSR count). The molecule has 2 N–H and O–H groups in total. The summed E-state index contributed by atoms with van der Waals surface area (Å²) >= 11 is 0. The molecule has 0 bridgehead atoms. The van der Waals surface area contributed by atoms with E-state index in [0.29, 0.717) is 6.04 Å². The number of nitrogens with zero attached hydrogens (tertiary/aromatic N) is 4. The Kier molecular flexibility index (Phi) is 7.48. The Morgan fingerprint density at radius 3 is 2.71 bits per heavy atom. The van der Waals surface area contributed by atoms with Crippen molar-refractivity contribution in [2.75, 3.05) is 6.54 Å². The quantitative estimate of drug-likeness (QED) is 0.385. The molecule has 1 saturated heterocycles. The van der Waals surface area contributed by atoms with E-state index in [-0.39, 0.29) is 0 Å². The van der Waals surface area contributed by atoms with E-state index in [1.807, 2.05) is 16.8 Å². The van der Waals surface area contributed by atoms with Gasteiger partial charge in [-0.25, -0.2) is 5.48 Å². The van der Waals surface area contributed by atoms with Gasteiger partial charge < -0.3 is 0 Å². The number of carbonyl (C=O) groups is 1. The SMILES string of the molecule is O=C(C=Cc1ccc(CN2CCCC2Cn2cc(CC3CCCCC3)nn2)cc1)NO. The van der Waals surface area contributed by atoms with Gasteiger partial charge in [0.25, 0.3) is 5.91 Å². The van der Waals surface area contributed by atoms with E-state index >= 15 is 0 Å². The fraction of sp³-hybridized carbons (Fsp3) is 0.542. The Morgan fingerprint density at radius 2 is 1.94 bits per heavy atom. The molecule has 2 heterocycles. The molecule has 0 radical (unpaired) electrons. The highest BCUT2D eigenvalue weighted by Gasteiger charge is 2.25. The first-order valence-corrected chi connectivity index (χ1v) is 11.5. The summed E-state index contributed by atoms with van der Waals surface area (Å²) in [5.41, 5.74) is 4.93. The van der Waals surface area contributed by atoms with Gasteiger partial charge in [-0.1, -0.05) is 61.6 Å². The smallest absolute Gasteiger partial charge is 0.267 e. The van der Waals surface area contributed by atoms with E-state index < -0.39 is 5.91 Å². The van der Waals surface area contributed by atoms with Crippen LogP contribution < -0.4 is 5.48 Å². The molecule has 31 heavy (non-hydrogen) atoms. The summed E-state index contributed by atoms with van der Waals surface area (Å²) in [6, 6.07) is 8.68. The van der Waals surface area contributed by atoms with Crippen LogP contribution >= 0.6 is 0 Å². The van der Waals surface area contributed by atoms with Crippen molar-refractivity contribution in [3.63, 3.8) is 0 Å². The third-order valence-electron chi connectivity index (χ3n) is 6.61. The lowest BCUT2D eigenvalue weighted by molar-refractivity contribution is -0.124. The van der Waals surface area contributed by atoms with Crippen molar-refractivity contribution in [2.24, 2.45) is 5.92 Å². The maximum absolute atomic E-state index is 11.1. The fourth-order valence-corrected chi connectivity index (χ4v) is 4.91. The summed E-state index contributed by atoms with van der Waals surface area (Å²) in [7, 11) is 0. The monoisotopic (exact) mass is 423 g/mol. The van der Waals surface area contributed by atoms with E-state index in [9.17, 15) is 4.79 Å². The number of likely N-dealkylation sites (tertiary alicyclic amines) is 1. The summed E-state index contributed by atoms with van der Waals surface area (Å²) in [6.45, 7) is 2.91. The molecule has 1 aromatic heterocycles. The van der Waals surface area contributed by atoms with E-state index in [2.05, 4.69) is 33.5 Å². The summed E-state index contributed by atoms with van der Waals surface area (Å²) in [6.07, 6.45) is 15.4. The topological polar surface area (TPSA) is 83.3 Å². The van der Waals surface area contributed by atoms with Gasteiger partial charge in [0.2, 0.25) is 0 Å². The van der Waals surface area contributed by atoms with Crippen molar-refractivity contribution in [1.82, 2.24) is 25.4 Å². The van der Waals surface area contributed by atoms with Crippen LogP contribution in [0.3, 0.4) is 0 Å². The Bertz CT molecular complexity index is 870. The van der Waals surface area contributed by atoms with Gasteiger partial charge in [-0.15, -0.1) is 5.10 Å². The number of nitrogens with one attached hydrogen (secondary N) is 1. The maximum atomic E-state index is 11.1. The largest absolute Gasteiger partial charge is 0.294 e. The normalized spacial score (nSPS) is 20.5. The lowest BCUT2D eigenvalue weighted by Gasteiger charge is -2.24. The number of benzene rings is 1. The lowest BCUT2D eigenvalue weighted by Crippen LogP contribution is -2.32. The molecular formula is C24H33N5O2. The number of hydroxylamine groups is 1. The maximum Gasteiger partial charge on any atom is 0.267 e. The van der Waals surface area contributed by atoms with Crippen molar-refractivity contribution < 1.29 is 10.0 Å². The molecule has 1 atom stereocenters. The standard InChI is InChI=1S/C24H33N5O2/c30-24(26-31)13-12-19-8-10-21(11-9-19)16-28-14-4-7-23(28)18-29-17-22(25-27-29)15-20-5-2-1-3-6-20/h8-13,17,20,23,31H,1-7,14-16,18H2,(H,26,30). The Morgan fingerprint density at radius 1 is 1.13 bits per heavy atom. The van der Waals surface area contributed by atoms with Crippen LogP contribution in [0.25, 0.3) is 6.08 Å². The third kappa shape index (κ3) is 6.24. The van der Waals surface area contributed by atoms with E-state index in [1.165, 1.54) is 56.6 Å². The van der Waals surface area contributed by atoms with Gasteiger partial charge in [-0.2, -0.15) is 0 Å². The van der Waals surface area contributed by atoms with Crippen LogP contribution in [-0.2, 0) is 24.3 Å². The Balaban J connectivity index is 1.30. The molecule has 2 fully saturated rings. The number of amides is 1. The van der Waals surface area contributed by atoms with E-state index in [1.54, 1.807) is 11.6 Å². The summed E-state index contributed by atoms with van der Waals surface area (Å²) < 4.78 is 2.04. The second kappa shape index (κ2) is 10.7. The molecule has 1 saturated carbocycles. The van der Waals surface area contributed by atoms with Crippen LogP contribution in [0.5, 0.6) is 0 Å². The van der Waals surface area contributed by atoms with E-state index in [0.717, 1.165) is 43.2 Å². The van der Waals surface area contributed by atoms with Gasteiger partial charge in [-0.3, -0.25) is 19.6 Å². The minimum Gasteiger partial charge on any atom is -0.294 e. The second-order valence-corrected chi connectivity index (χ2v) is 8.96. The zero-order chi connectivity index (χ0) is 21.5. The predicted molar refractivity (Wildman–Crippen MR) is 119 cm³/mol. The van der Waals surface area contributed by atoms with Crippen molar-refractivity contribution in [3.05, 3.63) is 53.4 Å². The van der Waals surface area contributed by atoms with Crippen LogP contribution in [0, 0.1) is 5.92 Å². The summed E-state index contributed by atoms with van der Waals surface area (Å²) in [4.78, 5) is 13.6. The van der Waals surface area contributed by atoms with Crippen LogP contribution in [0.2, 0.25) is 0 Å². The number of hydrogen-bond donors (Lipinski definition) is 2. The van der Waals surface area contributed by atoms with E-state index in [4.69, 9.17) is 5.21 Å². The zero-order valence-electron chi connectivity index (χ0n) is 18.1. The second-order valence-electron chi connectivity index (χ2n) is 8.96. The molecule has 166 valence electrons. The molecule has 7 heteroatoms. The van der Waals surface area contributed by atoms with Gasteiger partial charge in [0.1, 0.15) is 0 Å². The highest BCUT2D eigenvalue weighted by molar-refractivity contribution is 5.90. The molecule has 1 unspecified atom stereocenters. The minimum atomic E-state index is -0.529.